The molecule has 2 rings (SSSR count). The zero-order chi connectivity index (χ0) is 14.2. The summed E-state index contributed by atoms with van der Waals surface area (Å²) in [6.07, 6.45) is 0. The maximum atomic E-state index is 13.6. The van der Waals surface area contributed by atoms with Gasteiger partial charge in [-0.2, -0.15) is 5.10 Å². The van der Waals surface area contributed by atoms with E-state index in [1.54, 1.807) is 14.0 Å². The maximum absolute atomic E-state index is 13.6. The van der Waals surface area contributed by atoms with E-state index in [0.717, 1.165) is 6.07 Å². The van der Waals surface area contributed by atoms with E-state index in [1.165, 1.54) is 16.8 Å². The minimum absolute atomic E-state index is 0.0499. The van der Waals surface area contributed by atoms with Gasteiger partial charge in [0.15, 0.2) is 11.6 Å². The van der Waals surface area contributed by atoms with Crippen molar-refractivity contribution in [2.75, 3.05) is 11.1 Å². The molecule has 100 valence electrons. The van der Waals surface area contributed by atoms with Crippen molar-refractivity contribution in [2.24, 2.45) is 7.05 Å². The first-order valence-corrected chi connectivity index (χ1v) is 5.45. The Bertz CT molecular complexity index is 651. The quantitative estimate of drug-likeness (QED) is 0.815. The number of aryl methyl sites for hydroxylation is 2. The van der Waals surface area contributed by atoms with Crippen LogP contribution in [0.25, 0.3) is 0 Å². The molecule has 1 aromatic heterocycles. The summed E-state index contributed by atoms with van der Waals surface area (Å²) < 4.78 is 28.0. The van der Waals surface area contributed by atoms with Crippen molar-refractivity contribution in [3.8, 4) is 0 Å². The number of amides is 1. The van der Waals surface area contributed by atoms with Gasteiger partial charge in [0, 0.05) is 7.05 Å². The molecule has 0 saturated heterocycles. The van der Waals surface area contributed by atoms with E-state index in [0.29, 0.717) is 5.69 Å². The van der Waals surface area contributed by atoms with Crippen LogP contribution in [0.3, 0.4) is 0 Å². The van der Waals surface area contributed by atoms with Gasteiger partial charge in [-0.3, -0.25) is 9.48 Å². The number of halogens is 2. The van der Waals surface area contributed by atoms with Crippen LogP contribution in [0, 0.1) is 18.6 Å². The molecule has 0 fully saturated rings. The molecule has 5 nitrogen and oxygen atoms in total. The van der Waals surface area contributed by atoms with Crippen molar-refractivity contribution >= 4 is 17.3 Å². The number of carbonyl (C=O) groups excluding carboxylic acids is 1. The molecule has 1 aromatic carbocycles. The number of nitrogens with one attached hydrogen (secondary N) is 1. The number of hydrogen-bond donors (Lipinski definition) is 2. The lowest BCUT2D eigenvalue weighted by molar-refractivity contribution is 0.101. The van der Waals surface area contributed by atoms with E-state index >= 15 is 0 Å². The Morgan fingerprint density at radius 2 is 2.11 bits per heavy atom. The largest absolute Gasteiger partial charge is 0.397 e. The number of rotatable bonds is 2. The smallest absolute Gasteiger partial charge is 0.274 e. The average molecular weight is 266 g/mol. The Morgan fingerprint density at radius 3 is 2.68 bits per heavy atom. The van der Waals surface area contributed by atoms with Gasteiger partial charge in [0.25, 0.3) is 5.91 Å². The minimum Gasteiger partial charge on any atom is -0.397 e. The number of nitrogens with zero attached hydrogens (tertiary/aromatic N) is 2. The van der Waals surface area contributed by atoms with E-state index in [9.17, 15) is 13.6 Å². The van der Waals surface area contributed by atoms with Gasteiger partial charge in [-0.1, -0.05) is 0 Å². The lowest BCUT2D eigenvalue weighted by Crippen LogP contribution is -2.18. The predicted octanol–water partition coefficient (Wildman–Crippen LogP) is 1.84. The van der Waals surface area contributed by atoms with Crippen molar-refractivity contribution in [1.29, 1.82) is 0 Å². The first-order valence-electron chi connectivity index (χ1n) is 5.45. The molecule has 0 atom stereocenters. The molecule has 0 aliphatic rings. The summed E-state index contributed by atoms with van der Waals surface area (Å²) in [5.74, 6) is -2.88. The third-order valence-electron chi connectivity index (χ3n) is 2.60. The molecule has 0 radical (unpaired) electrons. The fourth-order valence-electron chi connectivity index (χ4n) is 1.69. The molecule has 0 bridgehead atoms. The van der Waals surface area contributed by atoms with Gasteiger partial charge in [-0.05, 0) is 25.1 Å². The predicted molar refractivity (Wildman–Crippen MR) is 66.7 cm³/mol. The van der Waals surface area contributed by atoms with E-state index in [1.807, 2.05) is 0 Å². The lowest BCUT2D eigenvalue weighted by atomic mass is 10.2. The second kappa shape index (κ2) is 4.68. The molecule has 1 amide bonds. The summed E-state index contributed by atoms with van der Waals surface area (Å²) in [6, 6.07) is 3.61. The Labute approximate surface area is 108 Å². The first kappa shape index (κ1) is 13.0. The molecule has 0 aliphatic heterocycles. The summed E-state index contributed by atoms with van der Waals surface area (Å²) >= 11 is 0. The number of nitrogen functional groups attached to an aromatic ring is 1. The number of aromatic nitrogens is 2. The molecule has 0 aliphatic carbocycles. The van der Waals surface area contributed by atoms with E-state index in [-0.39, 0.29) is 17.1 Å². The van der Waals surface area contributed by atoms with Crippen molar-refractivity contribution in [3.05, 3.63) is 41.2 Å². The van der Waals surface area contributed by atoms with Gasteiger partial charge in [-0.25, -0.2) is 8.78 Å². The fourth-order valence-corrected chi connectivity index (χ4v) is 1.69. The Hall–Kier alpha value is -2.44. The van der Waals surface area contributed by atoms with Crippen molar-refractivity contribution in [3.63, 3.8) is 0 Å². The standard InChI is InChI=1S/C12H12F2N4O/c1-6-5-9(18(2)17-6)12(19)16-11-8(15)4-3-7(13)10(11)14/h3-5H,15H2,1-2H3,(H,16,19). The number of anilines is 2. The van der Waals surface area contributed by atoms with Gasteiger partial charge in [0.1, 0.15) is 11.4 Å². The highest BCUT2D eigenvalue weighted by molar-refractivity contribution is 6.04. The van der Waals surface area contributed by atoms with E-state index in [2.05, 4.69) is 10.4 Å². The van der Waals surface area contributed by atoms with Gasteiger partial charge in [0.2, 0.25) is 0 Å². The summed E-state index contributed by atoms with van der Waals surface area (Å²) in [7, 11) is 1.58. The number of hydrogen-bond acceptors (Lipinski definition) is 3. The van der Waals surface area contributed by atoms with Gasteiger partial charge < -0.3 is 11.1 Å². The highest BCUT2D eigenvalue weighted by atomic mass is 19.2. The molecule has 1 heterocycles. The van der Waals surface area contributed by atoms with Crippen LogP contribution in [0.2, 0.25) is 0 Å². The second-order valence-corrected chi connectivity index (χ2v) is 4.07. The zero-order valence-corrected chi connectivity index (χ0v) is 10.4. The third kappa shape index (κ3) is 2.40. The number of benzene rings is 1. The maximum Gasteiger partial charge on any atom is 0.274 e. The molecule has 2 aromatic rings. The summed E-state index contributed by atoms with van der Waals surface area (Å²) in [6.45, 7) is 1.72. The summed E-state index contributed by atoms with van der Waals surface area (Å²) in [4.78, 5) is 11.9. The molecule has 0 unspecified atom stereocenters. The zero-order valence-electron chi connectivity index (χ0n) is 10.4. The van der Waals surface area contributed by atoms with Crippen molar-refractivity contribution < 1.29 is 13.6 Å². The fraction of sp³-hybridized carbons (Fsp3) is 0.167. The van der Waals surface area contributed by atoms with E-state index < -0.39 is 17.5 Å². The normalized spacial score (nSPS) is 10.5. The topological polar surface area (TPSA) is 72.9 Å². The van der Waals surface area contributed by atoms with Crippen LogP contribution in [-0.2, 0) is 7.05 Å². The van der Waals surface area contributed by atoms with Crippen LogP contribution in [0.1, 0.15) is 16.2 Å². The Balaban J connectivity index is 2.34. The molecule has 0 saturated carbocycles. The summed E-state index contributed by atoms with van der Waals surface area (Å²) in [5, 5.41) is 6.24. The number of carbonyl (C=O) groups is 1. The molecule has 7 heteroatoms. The Morgan fingerprint density at radius 1 is 1.42 bits per heavy atom. The van der Waals surface area contributed by atoms with Gasteiger partial charge >= 0.3 is 0 Å². The second-order valence-electron chi connectivity index (χ2n) is 4.07. The highest BCUT2D eigenvalue weighted by Gasteiger charge is 2.17. The van der Waals surface area contributed by atoms with Crippen LogP contribution in [0.5, 0.6) is 0 Å². The molecule has 19 heavy (non-hydrogen) atoms. The van der Waals surface area contributed by atoms with Crippen LogP contribution in [0.4, 0.5) is 20.2 Å². The van der Waals surface area contributed by atoms with E-state index in [4.69, 9.17) is 5.73 Å². The monoisotopic (exact) mass is 266 g/mol. The van der Waals surface area contributed by atoms with Crippen LogP contribution in [-0.4, -0.2) is 15.7 Å². The van der Waals surface area contributed by atoms with Crippen LogP contribution < -0.4 is 11.1 Å². The van der Waals surface area contributed by atoms with Crippen LogP contribution in [0.15, 0.2) is 18.2 Å². The van der Waals surface area contributed by atoms with Crippen molar-refractivity contribution in [2.45, 2.75) is 6.92 Å². The molecule has 3 N–H and O–H groups in total. The first-order chi connectivity index (χ1) is 8.90. The molecular weight excluding hydrogens is 254 g/mol. The number of nitrogens with two attached hydrogens (primary N) is 1. The SMILES string of the molecule is Cc1cc(C(=O)Nc2c(N)ccc(F)c2F)n(C)n1. The minimum atomic E-state index is -1.19. The molecule has 0 spiro atoms. The third-order valence-corrected chi connectivity index (χ3v) is 2.60. The van der Waals surface area contributed by atoms with Crippen LogP contribution >= 0.6 is 0 Å². The highest BCUT2D eigenvalue weighted by Crippen LogP contribution is 2.25. The van der Waals surface area contributed by atoms with Gasteiger partial charge in [-0.15, -0.1) is 0 Å². The van der Waals surface area contributed by atoms with Gasteiger partial charge in [0.05, 0.1) is 11.4 Å². The molecular formula is C12H12F2N4O. The lowest BCUT2D eigenvalue weighted by Gasteiger charge is -2.09. The summed E-state index contributed by atoms with van der Waals surface area (Å²) in [5.41, 5.74) is 5.96. The van der Waals surface area contributed by atoms with Crippen molar-refractivity contribution in [1.82, 2.24) is 9.78 Å². The Kier molecular flexibility index (Phi) is 3.20. The average Bonchev–Trinajstić information content (AvgIpc) is 2.69.